The number of imidazole rings is 1. The van der Waals surface area contributed by atoms with Crippen LogP contribution in [0.25, 0.3) is 26.4 Å². The quantitative estimate of drug-likeness (QED) is 0.595. The first-order valence-electron chi connectivity index (χ1n) is 7.56. The minimum absolute atomic E-state index is 0.0909. The monoisotopic (exact) mass is 337 g/mol. The van der Waals surface area contributed by atoms with Gasteiger partial charge in [-0.2, -0.15) is 0 Å². The first-order chi connectivity index (χ1) is 11.6. The molecule has 2 heterocycles. The lowest BCUT2D eigenvalue weighted by molar-refractivity contribution is -0.137. The van der Waals surface area contributed by atoms with Crippen LogP contribution in [0.3, 0.4) is 0 Å². The molecule has 0 aliphatic rings. The average Bonchev–Trinajstić information content (AvgIpc) is 3.12. The molecule has 0 bridgehead atoms. The minimum atomic E-state index is -0.901. The van der Waals surface area contributed by atoms with Gasteiger partial charge in [0.1, 0.15) is 0 Å². The Kier molecular flexibility index (Phi) is 3.55. The molecule has 1 unspecified atom stereocenters. The number of rotatable bonds is 4. The second-order valence-corrected chi connectivity index (χ2v) is 6.69. The molecule has 4 rings (SSSR count). The van der Waals surface area contributed by atoms with Crippen molar-refractivity contribution in [2.45, 2.75) is 12.5 Å². The number of hydrogen-bond acceptors (Lipinski definition) is 4. The van der Waals surface area contributed by atoms with Crippen LogP contribution in [0, 0.1) is 0 Å². The number of thiazole rings is 1. The molecule has 0 fully saturated rings. The summed E-state index contributed by atoms with van der Waals surface area (Å²) in [6.07, 6.45) is 1.92. The van der Waals surface area contributed by atoms with Crippen molar-refractivity contribution in [1.82, 2.24) is 9.38 Å². The third kappa shape index (κ3) is 2.55. The van der Waals surface area contributed by atoms with Crippen LogP contribution in [0.2, 0.25) is 0 Å². The summed E-state index contributed by atoms with van der Waals surface area (Å²) in [4.78, 5) is 16.5. The Morgan fingerprint density at radius 3 is 2.92 bits per heavy atom. The third-order valence-electron chi connectivity index (χ3n) is 4.00. The molecule has 0 aliphatic carbocycles. The molecule has 0 amide bonds. The Labute approximate surface area is 142 Å². The van der Waals surface area contributed by atoms with Crippen LogP contribution in [-0.2, 0) is 4.79 Å². The normalized spacial score (nSPS) is 12.7. The summed E-state index contributed by atoms with van der Waals surface area (Å²) in [5, 5.41) is 8.91. The van der Waals surface area contributed by atoms with E-state index in [-0.39, 0.29) is 6.42 Å². The van der Waals surface area contributed by atoms with E-state index in [0.29, 0.717) is 0 Å². The van der Waals surface area contributed by atoms with Gasteiger partial charge in [0, 0.05) is 17.8 Å². The fraction of sp³-hybridized carbons (Fsp3) is 0.111. The molecule has 0 saturated heterocycles. The second kappa shape index (κ2) is 5.74. The largest absolute Gasteiger partial charge is 0.481 e. The van der Waals surface area contributed by atoms with Crippen molar-refractivity contribution in [3.05, 3.63) is 60.3 Å². The van der Waals surface area contributed by atoms with Crippen molar-refractivity contribution in [3.8, 4) is 11.3 Å². The van der Waals surface area contributed by atoms with Crippen LogP contribution >= 0.6 is 11.3 Å². The van der Waals surface area contributed by atoms with Gasteiger partial charge in [-0.05, 0) is 23.8 Å². The van der Waals surface area contributed by atoms with Crippen LogP contribution in [0.5, 0.6) is 0 Å². The van der Waals surface area contributed by atoms with Gasteiger partial charge < -0.3 is 10.8 Å². The van der Waals surface area contributed by atoms with Crippen LogP contribution in [-0.4, -0.2) is 20.5 Å². The number of carboxylic acids is 1. The highest BCUT2D eigenvalue weighted by molar-refractivity contribution is 7.23. The molecular formula is C18H15N3O2S. The van der Waals surface area contributed by atoms with E-state index in [1.165, 1.54) is 4.70 Å². The fourth-order valence-electron chi connectivity index (χ4n) is 2.82. The molecule has 0 spiro atoms. The second-order valence-electron chi connectivity index (χ2n) is 5.68. The zero-order valence-corrected chi connectivity index (χ0v) is 13.5. The SMILES string of the molecule is NC(CC(=O)O)c1cccc(-c2cn3c(n2)sc2ccccc23)c1. The van der Waals surface area contributed by atoms with Gasteiger partial charge >= 0.3 is 5.97 Å². The van der Waals surface area contributed by atoms with E-state index in [1.807, 2.05) is 42.6 Å². The predicted molar refractivity (Wildman–Crippen MR) is 95.2 cm³/mol. The molecule has 6 heteroatoms. The minimum Gasteiger partial charge on any atom is -0.481 e. The van der Waals surface area contributed by atoms with Crippen molar-refractivity contribution in [3.63, 3.8) is 0 Å². The molecule has 5 nitrogen and oxygen atoms in total. The molecular weight excluding hydrogens is 322 g/mol. The van der Waals surface area contributed by atoms with Gasteiger partial charge in [0.2, 0.25) is 0 Å². The predicted octanol–water partition coefficient (Wildman–Crippen LogP) is 3.69. The number of carboxylic acid groups (broad SMARTS) is 1. The molecule has 0 aliphatic heterocycles. The highest BCUT2D eigenvalue weighted by Crippen LogP contribution is 2.30. The number of hydrogen-bond donors (Lipinski definition) is 2. The van der Waals surface area contributed by atoms with E-state index in [2.05, 4.69) is 16.5 Å². The first kappa shape index (κ1) is 14.9. The van der Waals surface area contributed by atoms with Crippen LogP contribution < -0.4 is 5.73 Å². The summed E-state index contributed by atoms with van der Waals surface area (Å²) in [5.41, 5.74) is 9.70. The van der Waals surface area contributed by atoms with Crippen molar-refractivity contribution in [1.29, 1.82) is 0 Å². The summed E-state index contributed by atoms with van der Waals surface area (Å²) >= 11 is 1.65. The van der Waals surface area contributed by atoms with Crippen LogP contribution in [0.15, 0.2) is 54.7 Å². The van der Waals surface area contributed by atoms with Gasteiger partial charge in [-0.25, -0.2) is 4.98 Å². The lowest BCUT2D eigenvalue weighted by Gasteiger charge is -2.10. The number of nitrogens with two attached hydrogens (primary N) is 1. The number of para-hydroxylation sites is 1. The van der Waals surface area contributed by atoms with E-state index in [4.69, 9.17) is 15.8 Å². The molecule has 3 N–H and O–H groups in total. The Hall–Kier alpha value is -2.70. The fourth-order valence-corrected chi connectivity index (χ4v) is 3.83. The molecule has 0 saturated carbocycles. The van der Waals surface area contributed by atoms with Gasteiger partial charge in [0.05, 0.1) is 22.3 Å². The van der Waals surface area contributed by atoms with Gasteiger partial charge in [-0.15, -0.1) is 0 Å². The molecule has 4 aromatic rings. The summed E-state index contributed by atoms with van der Waals surface area (Å²) in [6, 6.07) is 15.3. The molecule has 2 aromatic heterocycles. The highest BCUT2D eigenvalue weighted by atomic mass is 32.1. The number of aliphatic carboxylic acids is 1. The molecule has 24 heavy (non-hydrogen) atoms. The Morgan fingerprint density at radius 2 is 2.08 bits per heavy atom. The van der Waals surface area contributed by atoms with Gasteiger partial charge in [-0.3, -0.25) is 9.20 Å². The topological polar surface area (TPSA) is 80.6 Å². The average molecular weight is 337 g/mol. The Morgan fingerprint density at radius 1 is 1.25 bits per heavy atom. The lowest BCUT2D eigenvalue weighted by Crippen LogP contribution is -2.14. The standard InChI is InChI=1S/C18H15N3O2S/c19-13(9-17(22)23)11-4-3-5-12(8-11)14-10-21-15-6-1-2-7-16(15)24-18(21)20-14/h1-8,10,13H,9,19H2,(H,22,23). The summed E-state index contributed by atoms with van der Waals surface area (Å²) in [7, 11) is 0. The van der Waals surface area contributed by atoms with Crippen LogP contribution in [0.4, 0.5) is 0 Å². The Balaban J connectivity index is 1.75. The molecule has 0 radical (unpaired) electrons. The lowest BCUT2D eigenvalue weighted by atomic mass is 10.0. The van der Waals surface area contributed by atoms with Crippen molar-refractivity contribution >= 4 is 32.5 Å². The Bertz CT molecular complexity index is 1050. The molecule has 120 valence electrons. The van der Waals surface area contributed by atoms with E-state index in [1.54, 1.807) is 11.3 Å². The number of carbonyl (C=O) groups is 1. The van der Waals surface area contributed by atoms with Gasteiger partial charge in [0.25, 0.3) is 0 Å². The summed E-state index contributed by atoms with van der Waals surface area (Å²) < 4.78 is 3.28. The number of nitrogens with zero attached hydrogens (tertiary/aromatic N) is 2. The number of fused-ring (bicyclic) bond motifs is 3. The van der Waals surface area contributed by atoms with Crippen molar-refractivity contribution in [2.75, 3.05) is 0 Å². The smallest absolute Gasteiger partial charge is 0.305 e. The van der Waals surface area contributed by atoms with Crippen molar-refractivity contribution in [2.24, 2.45) is 5.73 Å². The summed E-state index contributed by atoms with van der Waals surface area (Å²) in [5.74, 6) is -0.901. The van der Waals surface area contributed by atoms with Gasteiger partial charge in [0.15, 0.2) is 4.96 Å². The van der Waals surface area contributed by atoms with Gasteiger partial charge in [-0.1, -0.05) is 41.7 Å². The van der Waals surface area contributed by atoms with E-state index < -0.39 is 12.0 Å². The van der Waals surface area contributed by atoms with E-state index in [9.17, 15) is 4.79 Å². The van der Waals surface area contributed by atoms with Crippen molar-refractivity contribution < 1.29 is 9.90 Å². The summed E-state index contributed by atoms with van der Waals surface area (Å²) in [6.45, 7) is 0. The molecule has 2 aromatic carbocycles. The van der Waals surface area contributed by atoms with E-state index >= 15 is 0 Å². The third-order valence-corrected chi connectivity index (χ3v) is 5.04. The zero-order valence-electron chi connectivity index (χ0n) is 12.7. The van der Waals surface area contributed by atoms with E-state index in [0.717, 1.165) is 27.3 Å². The maximum Gasteiger partial charge on any atom is 0.305 e. The van der Waals surface area contributed by atoms with Crippen LogP contribution in [0.1, 0.15) is 18.0 Å². The number of aromatic nitrogens is 2. The molecule has 1 atom stereocenters. The first-order valence-corrected chi connectivity index (χ1v) is 8.38. The maximum absolute atomic E-state index is 10.9. The number of benzene rings is 2. The maximum atomic E-state index is 10.9. The highest BCUT2D eigenvalue weighted by Gasteiger charge is 2.13. The zero-order chi connectivity index (χ0) is 16.7.